The number of nitrogens with one attached hydrogen (secondary N) is 2. The number of likely N-dealkylation sites (tertiary alicyclic amines) is 1. The van der Waals surface area contributed by atoms with Gasteiger partial charge in [0.05, 0.1) is 16.8 Å². The highest BCUT2D eigenvalue weighted by Crippen LogP contribution is 2.27. The summed E-state index contributed by atoms with van der Waals surface area (Å²) in [6.45, 7) is 8.04. The summed E-state index contributed by atoms with van der Waals surface area (Å²) in [6, 6.07) is 13.2. The molecule has 1 fully saturated rings. The van der Waals surface area contributed by atoms with Gasteiger partial charge in [-0.05, 0) is 87.8 Å². The van der Waals surface area contributed by atoms with E-state index in [1.165, 1.54) is 11.3 Å². The van der Waals surface area contributed by atoms with Gasteiger partial charge in [-0.2, -0.15) is 0 Å². The van der Waals surface area contributed by atoms with Gasteiger partial charge in [-0.15, -0.1) is 11.3 Å². The van der Waals surface area contributed by atoms with E-state index in [0.29, 0.717) is 25.3 Å². The Bertz CT molecular complexity index is 1240. The number of unbranched alkanes of at least 4 members (excludes halogenated alkanes) is 1. The molecule has 3 amide bonds. The van der Waals surface area contributed by atoms with Crippen molar-refractivity contribution in [3.05, 3.63) is 52.0 Å². The van der Waals surface area contributed by atoms with E-state index in [9.17, 15) is 9.59 Å². The average Bonchev–Trinajstić information content (AvgIpc) is 3.24. The molecule has 2 heterocycles. The number of amides is 3. The molecule has 0 bridgehead atoms. The molecule has 7 nitrogen and oxygen atoms in total. The molecule has 9 heteroatoms. The van der Waals surface area contributed by atoms with Gasteiger partial charge in [0, 0.05) is 36.4 Å². The monoisotopic (exact) mass is 526 g/mol. The quantitative estimate of drug-likeness (QED) is 0.264. The first-order valence-electron chi connectivity index (χ1n) is 12.6. The Morgan fingerprint density at radius 3 is 2.58 bits per heavy atom. The second-order valence-electron chi connectivity index (χ2n) is 9.40. The zero-order valence-electron chi connectivity index (χ0n) is 21.1. The molecule has 1 aliphatic heterocycles. The van der Waals surface area contributed by atoms with Crippen LogP contribution in [0, 0.1) is 3.95 Å². The molecule has 1 saturated heterocycles. The van der Waals surface area contributed by atoms with Crippen LogP contribution < -0.4 is 15.0 Å². The summed E-state index contributed by atoms with van der Waals surface area (Å²) in [5.74, 6) is 0.808. The third kappa shape index (κ3) is 6.25. The van der Waals surface area contributed by atoms with Gasteiger partial charge in [0.25, 0.3) is 5.91 Å². The number of piperidine rings is 1. The Labute approximate surface area is 221 Å². The maximum Gasteiger partial charge on any atom is 0.322 e. The molecule has 0 saturated carbocycles. The van der Waals surface area contributed by atoms with Crippen LogP contribution in [0.1, 0.15) is 56.8 Å². The number of nitrogens with zero attached hydrogens (tertiary/aromatic N) is 2. The van der Waals surface area contributed by atoms with Crippen molar-refractivity contribution in [2.45, 2.75) is 58.5 Å². The first-order chi connectivity index (χ1) is 17.4. The van der Waals surface area contributed by atoms with Gasteiger partial charge in [-0.3, -0.25) is 9.69 Å². The standard InChI is InChI=1S/C27H34N4O3S2/c1-4-5-16-34-22-9-6-19(7-10-22)25(32)30-14-12-20(13-15-30)28-26(33)31(18(2)3)21-8-11-23-24(17-21)36-27(35)29-23/h6-11,17-18,20H,4-5,12-16H2,1-3H3,(H,28,33)(H,29,35). The number of urea groups is 1. The van der Waals surface area contributed by atoms with E-state index >= 15 is 0 Å². The third-order valence-electron chi connectivity index (χ3n) is 6.40. The summed E-state index contributed by atoms with van der Waals surface area (Å²) >= 11 is 6.76. The summed E-state index contributed by atoms with van der Waals surface area (Å²) in [5.41, 5.74) is 2.48. The van der Waals surface area contributed by atoms with Crippen LogP contribution in [0.5, 0.6) is 5.75 Å². The molecule has 2 aromatic carbocycles. The first kappa shape index (κ1) is 26.2. The summed E-state index contributed by atoms with van der Waals surface area (Å²) < 4.78 is 7.45. The lowest BCUT2D eigenvalue weighted by atomic mass is 10.0. The topological polar surface area (TPSA) is 77.7 Å². The molecule has 1 aliphatic rings. The molecule has 0 spiro atoms. The van der Waals surface area contributed by atoms with Gasteiger partial charge in [0.1, 0.15) is 5.75 Å². The lowest BCUT2D eigenvalue weighted by Gasteiger charge is -2.35. The molecular weight excluding hydrogens is 492 g/mol. The molecule has 36 heavy (non-hydrogen) atoms. The predicted molar refractivity (Wildman–Crippen MR) is 149 cm³/mol. The number of H-pyrrole nitrogens is 1. The fourth-order valence-corrected chi connectivity index (χ4v) is 5.56. The highest BCUT2D eigenvalue weighted by molar-refractivity contribution is 7.73. The van der Waals surface area contributed by atoms with Gasteiger partial charge in [-0.1, -0.05) is 13.3 Å². The number of rotatable bonds is 8. The van der Waals surface area contributed by atoms with Crippen LogP contribution in [-0.2, 0) is 0 Å². The Morgan fingerprint density at radius 2 is 1.92 bits per heavy atom. The smallest absolute Gasteiger partial charge is 0.322 e. The molecule has 0 aliphatic carbocycles. The number of benzene rings is 2. The number of hydrogen-bond acceptors (Lipinski definition) is 5. The van der Waals surface area contributed by atoms with Crippen molar-refractivity contribution in [2.75, 3.05) is 24.6 Å². The Balaban J connectivity index is 1.33. The van der Waals surface area contributed by atoms with Crippen molar-refractivity contribution in [1.29, 1.82) is 0 Å². The number of carbonyl (C=O) groups is 2. The predicted octanol–water partition coefficient (Wildman–Crippen LogP) is 6.37. The molecule has 4 rings (SSSR count). The summed E-state index contributed by atoms with van der Waals surface area (Å²) in [5, 5.41) is 3.19. The van der Waals surface area contributed by atoms with Crippen molar-refractivity contribution >= 4 is 51.4 Å². The van der Waals surface area contributed by atoms with Crippen LogP contribution in [0.15, 0.2) is 42.5 Å². The average molecular weight is 527 g/mol. The van der Waals surface area contributed by atoms with Crippen molar-refractivity contribution in [3.8, 4) is 5.75 Å². The maximum absolute atomic E-state index is 13.3. The molecule has 3 aromatic rings. The van der Waals surface area contributed by atoms with Crippen LogP contribution in [0.3, 0.4) is 0 Å². The summed E-state index contributed by atoms with van der Waals surface area (Å²) in [6.07, 6.45) is 3.54. The van der Waals surface area contributed by atoms with Crippen molar-refractivity contribution < 1.29 is 14.3 Å². The van der Waals surface area contributed by atoms with Crippen LogP contribution in [0.4, 0.5) is 10.5 Å². The van der Waals surface area contributed by atoms with Crippen molar-refractivity contribution in [1.82, 2.24) is 15.2 Å². The first-order valence-corrected chi connectivity index (χ1v) is 13.8. The van der Waals surface area contributed by atoms with E-state index in [-0.39, 0.29) is 24.0 Å². The van der Waals surface area contributed by atoms with E-state index in [1.807, 2.05) is 61.2 Å². The fourth-order valence-electron chi connectivity index (χ4n) is 4.42. The Hall–Kier alpha value is -2.91. The number of carbonyl (C=O) groups excluding carboxylic acids is 2. The number of aromatic nitrogens is 1. The lowest BCUT2D eigenvalue weighted by molar-refractivity contribution is 0.0708. The molecule has 192 valence electrons. The summed E-state index contributed by atoms with van der Waals surface area (Å²) in [7, 11) is 0. The van der Waals surface area contributed by atoms with Crippen LogP contribution >= 0.6 is 23.6 Å². The number of anilines is 1. The molecule has 0 unspecified atom stereocenters. The molecule has 2 N–H and O–H groups in total. The van der Waals surface area contributed by atoms with Crippen molar-refractivity contribution in [2.24, 2.45) is 0 Å². The molecular formula is C27H34N4O3S2. The fraction of sp³-hybridized carbons (Fsp3) is 0.444. The second-order valence-corrected chi connectivity index (χ2v) is 11.1. The lowest BCUT2D eigenvalue weighted by Crippen LogP contribution is -2.52. The number of fused-ring (bicyclic) bond motifs is 1. The van der Waals surface area contributed by atoms with Gasteiger partial charge in [-0.25, -0.2) is 4.79 Å². The van der Waals surface area contributed by atoms with Gasteiger partial charge < -0.3 is 19.9 Å². The van der Waals surface area contributed by atoms with Crippen LogP contribution in [0.25, 0.3) is 10.2 Å². The molecule has 0 radical (unpaired) electrons. The number of aromatic amines is 1. The maximum atomic E-state index is 13.3. The van der Waals surface area contributed by atoms with E-state index in [1.54, 1.807) is 4.90 Å². The zero-order valence-corrected chi connectivity index (χ0v) is 22.7. The molecule has 0 atom stereocenters. The number of ether oxygens (including phenoxy) is 1. The van der Waals surface area contributed by atoms with E-state index < -0.39 is 0 Å². The largest absolute Gasteiger partial charge is 0.494 e. The minimum Gasteiger partial charge on any atom is -0.494 e. The van der Waals surface area contributed by atoms with Crippen LogP contribution in [0.2, 0.25) is 0 Å². The molecule has 1 aromatic heterocycles. The Morgan fingerprint density at radius 1 is 1.19 bits per heavy atom. The minimum atomic E-state index is -0.119. The van der Waals surface area contributed by atoms with Gasteiger partial charge in [0.15, 0.2) is 3.95 Å². The van der Waals surface area contributed by atoms with Gasteiger partial charge >= 0.3 is 6.03 Å². The number of hydrogen-bond donors (Lipinski definition) is 2. The summed E-state index contributed by atoms with van der Waals surface area (Å²) in [4.78, 5) is 33.0. The SMILES string of the molecule is CCCCOc1ccc(C(=O)N2CCC(NC(=O)N(c3ccc4[nH]c(=S)sc4c3)C(C)C)CC2)cc1. The Kier molecular flexibility index (Phi) is 8.64. The third-order valence-corrected chi connectivity index (χ3v) is 7.59. The van der Waals surface area contributed by atoms with E-state index in [0.717, 1.165) is 51.3 Å². The normalized spacial score (nSPS) is 14.3. The minimum absolute atomic E-state index is 0.00930. The van der Waals surface area contributed by atoms with E-state index in [4.69, 9.17) is 17.0 Å². The highest BCUT2D eigenvalue weighted by Gasteiger charge is 2.27. The van der Waals surface area contributed by atoms with Crippen LogP contribution in [-0.4, -0.2) is 53.6 Å². The van der Waals surface area contributed by atoms with Crippen molar-refractivity contribution in [3.63, 3.8) is 0 Å². The highest BCUT2D eigenvalue weighted by atomic mass is 32.1. The second kappa shape index (κ2) is 11.9. The van der Waals surface area contributed by atoms with Gasteiger partial charge in [0.2, 0.25) is 0 Å². The zero-order chi connectivity index (χ0) is 25.7. The van der Waals surface area contributed by atoms with E-state index in [2.05, 4.69) is 17.2 Å². The number of thiazole rings is 1.